The summed E-state index contributed by atoms with van der Waals surface area (Å²) in [6.45, 7) is 16.7. The Morgan fingerprint density at radius 1 is 0.386 bits per heavy atom. The quantitative estimate of drug-likeness (QED) is 0.0624. The van der Waals surface area contributed by atoms with Crippen LogP contribution in [0.25, 0.3) is 33.1 Å². The number of amides is 3. The fourth-order valence-electron chi connectivity index (χ4n) is 21.7. The number of methoxy groups -OCH3 is 3. The fraction of sp³-hybridized carbons (Fsp3) is 0.667. The van der Waals surface area contributed by atoms with E-state index in [2.05, 4.69) is 18.9 Å². The van der Waals surface area contributed by atoms with Crippen LogP contribution in [0.5, 0.6) is 34.9 Å². The Morgan fingerprint density at radius 2 is 0.727 bits per heavy atom. The molecule has 18 rings (SSSR count). The number of hydrogen-bond acceptors (Lipinski definition) is 27. The van der Waals surface area contributed by atoms with Gasteiger partial charge in [-0.15, -0.1) is 0 Å². The molecule has 3 radical (unpaired) electrons. The minimum atomic E-state index is -0.796. The molecule has 12 aliphatic rings. The zero-order valence-corrected chi connectivity index (χ0v) is 81.9. The normalized spacial score (nSPS) is 31.0. The van der Waals surface area contributed by atoms with Gasteiger partial charge in [-0.25, -0.2) is 48.8 Å². The molecule has 0 N–H and O–H groups in total. The summed E-state index contributed by atoms with van der Waals surface area (Å²) in [7, 11) is 4.83. The number of rotatable bonds is 12. The van der Waals surface area contributed by atoms with Crippen molar-refractivity contribution in [1.29, 1.82) is 0 Å². The third-order valence-corrected chi connectivity index (χ3v) is 30.2. The van der Waals surface area contributed by atoms with Crippen LogP contribution in [-0.4, -0.2) is 234 Å². The molecular formula is C99H126N9O21V3-3. The molecule has 3 amide bonds. The van der Waals surface area contributed by atoms with Gasteiger partial charge in [0.15, 0.2) is 0 Å². The average Bonchev–Trinajstić information content (AvgIpc) is 1.61. The average molecular weight is 1930 g/mol. The molecule has 6 bridgehead atoms. The molecule has 3 aromatic heterocycles. The van der Waals surface area contributed by atoms with Crippen molar-refractivity contribution >= 4 is 87.6 Å². The number of aromatic nitrogens is 6. The Labute approximate surface area is 808 Å². The van der Waals surface area contributed by atoms with Crippen LogP contribution in [0, 0.1) is 69.5 Å². The van der Waals surface area contributed by atoms with E-state index in [0.717, 1.165) is 143 Å². The zero-order chi connectivity index (χ0) is 90.6. The third kappa shape index (κ3) is 22.0. The van der Waals surface area contributed by atoms with E-state index in [9.17, 15) is 43.2 Å². The summed E-state index contributed by atoms with van der Waals surface area (Å²) in [5.41, 5.74) is 4.54. The molecule has 132 heavy (non-hydrogen) atoms. The van der Waals surface area contributed by atoms with Crippen LogP contribution < -0.4 is 28.4 Å². The molecule has 9 fully saturated rings. The minimum absolute atomic E-state index is 0. The summed E-state index contributed by atoms with van der Waals surface area (Å²) in [6.07, 6.45) is 25.1. The molecule has 12 heterocycles. The Hall–Kier alpha value is -8.06. The summed E-state index contributed by atoms with van der Waals surface area (Å²) in [5.74, 6) is -0.332. The topological polar surface area (TPSA) is 351 Å². The molecular weight excluding hydrogens is 1800 g/mol. The molecule has 33 heteroatoms. The standard InChI is InChI=1S/C34H44N3O7.C33H42N3O7.C32H40N3O7.3V/c1-4-23-28(18-38)37-17-30(23)44-32-26(35-25-14-13-22(41-3)15-27(25)36-32)11-7-5-6-9-21-10-8-12-29(21)43-31(39)16-24(33(37)40)34(2)19-42-20-34;1-5-22-27(17-37)36-16-28(22)42-30-25(34-24-12-11-21(40-4)13-26(24)35-30)10-8-6-7-9-20-15-33(20,3)43-29(38)14-23(31(36)39)32(2)18-41-19-32;1-4-21-26(16-36)35-15-28(21)42-30-24(33-23-11-10-20(39-3)13-25(23)34-30)9-7-5-6-8-19-12-27(19)41-29(37)14-22(31(35)38)32(2)17-40-18-32;;;/h13-15,21,23-24,28-30H,4-12,16-17,19-20H2,1-3H3;11-13,20,22-23,27-28H,5-10,14-16,18-19H2,1-4H3;10-11,13,19,21-22,26-28H,4-9,12,14-15,17-18H2,1-3H3;;;/q3*-1;;;/t21-,23+,24-,28-,29-,30+;20-,22+,23-,27-,28+,33-;19-,21+,22-,26-,27-,28+;;;/m111.../s1. The van der Waals surface area contributed by atoms with Crippen LogP contribution in [0.15, 0.2) is 54.6 Å². The summed E-state index contributed by atoms with van der Waals surface area (Å²) in [5, 5.41) is 0. The van der Waals surface area contributed by atoms with Gasteiger partial charge in [-0.05, 0) is 163 Å². The van der Waals surface area contributed by atoms with Gasteiger partial charge in [0, 0.05) is 96.0 Å². The molecule has 3 saturated carbocycles. The number of fused-ring (bicyclic) bond motifs is 15. The van der Waals surface area contributed by atoms with E-state index in [1.54, 1.807) is 36.0 Å². The summed E-state index contributed by atoms with van der Waals surface area (Å²) < 4.78 is 70.5. The fourth-order valence-corrected chi connectivity index (χ4v) is 21.7. The Bertz CT molecular complexity index is 5120. The van der Waals surface area contributed by atoms with Gasteiger partial charge in [-0.2, -0.15) is 0 Å². The first-order chi connectivity index (χ1) is 62.3. The molecule has 6 saturated heterocycles. The molecule has 3 aliphatic carbocycles. The van der Waals surface area contributed by atoms with E-state index in [1.165, 1.54) is 0 Å². The molecule has 0 spiro atoms. The number of ether oxygens (including phenoxy) is 12. The van der Waals surface area contributed by atoms with Crippen molar-refractivity contribution in [2.75, 3.05) is 80.6 Å². The van der Waals surface area contributed by atoms with Gasteiger partial charge in [-0.1, -0.05) is 117 Å². The third-order valence-electron chi connectivity index (χ3n) is 30.2. The van der Waals surface area contributed by atoms with Crippen LogP contribution in [0.4, 0.5) is 0 Å². The second kappa shape index (κ2) is 44.0. The molecule has 711 valence electrons. The molecule has 6 aromatic rings. The van der Waals surface area contributed by atoms with Gasteiger partial charge in [0.25, 0.3) is 0 Å². The largest absolute Gasteiger partial charge is 0.540 e. The Morgan fingerprint density at radius 3 is 1.07 bits per heavy atom. The number of nitrogens with zero attached hydrogens (tertiary/aromatic N) is 9. The second-order valence-electron chi connectivity index (χ2n) is 39.3. The number of esters is 3. The van der Waals surface area contributed by atoms with Crippen molar-refractivity contribution in [1.82, 2.24) is 44.6 Å². The van der Waals surface area contributed by atoms with Crippen LogP contribution in [0.1, 0.15) is 213 Å². The predicted octanol–water partition coefficient (Wildman–Crippen LogP) is 12.6. The van der Waals surface area contributed by atoms with Crippen LogP contribution in [-0.2, 0) is 147 Å². The molecule has 30 nitrogen and oxygen atoms in total. The van der Waals surface area contributed by atoms with Crippen molar-refractivity contribution in [2.45, 2.75) is 270 Å². The van der Waals surface area contributed by atoms with Gasteiger partial charge in [0.05, 0.1) is 151 Å². The van der Waals surface area contributed by atoms with Crippen LogP contribution >= 0.6 is 0 Å². The monoisotopic (exact) mass is 1930 g/mol. The van der Waals surface area contributed by atoms with E-state index in [1.807, 2.05) is 103 Å². The summed E-state index contributed by atoms with van der Waals surface area (Å²) in [4.78, 5) is 154. The van der Waals surface area contributed by atoms with E-state index in [4.69, 9.17) is 86.7 Å². The van der Waals surface area contributed by atoms with E-state index in [-0.39, 0.29) is 160 Å². The first kappa shape index (κ1) is 101. The van der Waals surface area contributed by atoms with Gasteiger partial charge in [0.2, 0.25) is 35.4 Å². The number of carbonyl (C=O) groups excluding carboxylic acids is 9. The van der Waals surface area contributed by atoms with Gasteiger partial charge < -0.3 is 85.9 Å². The zero-order valence-electron chi connectivity index (χ0n) is 77.7. The van der Waals surface area contributed by atoms with Gasteiger partial charge in [-0.3, -0.25) is 28.8 Å². The first-order valence-corrected chi connectivity index (χ1v) is 47.3. The maximum atomic E-state index is 14.3. The summed E-state index contributed by atoms with van der Waals surface area (Å²) in [6, 6.07) is 14.4. The number of benzene rings is 3. The number of aryl methyl sites for hydroxylation is 3. The smallest absolute Gasteiger partial charge is 0.307 e. The molecule has 3 aromatic carbocycles. The maximum absolute atomic E-state index is 14.3. The van der Waals surface area contributed by atoms with Crippen molar-refractivity contribution in [3.05, 3.63) is 71.7 Å². The van der Waals surface area contributed by atoms with Crippen LogP contribution in [0.3, 0.4) is 0 Å². The maximum Gasteiger partial charge on any atom is 0.307 e. The van der Waals surface area contributed by atoms with Crippen molar-refractivity contribution in [3.63, 3.8) is 0 Å². The van der Waals surface area contributed by atoms with E-state index in [0.29, 0.717) is 147 Å². The van der Waals surface area contributed by atoms with Gasteiger partial charge in [0.1, 0.15) is 70.5 Å². The van der Waals surface area contributed by atoms with Crippen molar-refractivity contribution < 1.29 is 156 Å². The molecule has 18 atom stereocenters. The van der Waals surface area contributed by atoms with Crippen LogP contribution in [0.2, 0.25) is 0 Å². The minimum Gasteiger partial charge on any atom is -0.540 e. The SMILES string of the molecule is CC[C@@H]1[C@@H]2CN(C(=O)[C@H](C3(C)COC3)CC(=O)O[C@@H]3CCC[C@H]3CCCCCc3nc4ccc(OC)cc4nc3O2)[C@@H]1[C-]=O.CC[C@@H]1[C@@H]2CN(C(=O)[C@H](C3(C)COC3)CC(=O)O[C@@H]3C[C@H]3CCCCCc3nc4ccc(OC)cc4nc3O2)[C@@H]1[C-]=O.CC[C@@H]1[C@@H]2CN(C(=O)[C@H](C3(C)COC3)CC(=O)O[C@]3(C)C[C@H]3CCCCCc3nc4ccc(OC)cc4nc3O2)[C@@H]1[C-]=O.[V].[V].[V]. The predicted molar refractivity (Wildman–Crippen MR) is 472 cm³/mol. The van der Waals surface area contributed by atoms with E-state index < -0.39 is 76.0 Å². The van der Waals surface area contributed by atoms with Gasteiger partial charge >= 0.3 is 17.9 Å². The number of carbonyl (C=O) groups is 6. The number of hydrogen-bond donors (Lipinski definition) is 0. The molecule has 9 aliphatic heterocycles. The Balaban J connectivity index is 0.000000166. The summed E-state index contributed by atoms with van der Waals surface area (Å²) >= 11 is 0. The van der Waals surface area contributed by atoms with Crippen molar-refractivity contribution in [3.8, 4) is 34.9 Å². The Kier molecular flexibility index (Phi) is 33.8. The van der Waals surface area contributed by atoms with Crippen molar-refractivity contribution in [2.24, 2.45) is 69.5 Å². The first-order valence-electron chi connectivity index (χ1n) is 47.3. The second-order valence-corrected chi connectivity index (χ2v) is 39.3. The molecule has 0 unspecified atom stereocenters. The van der Waals surface area contributed by atoms with E-state index >= 15 is 0 Å².